The highest BCUT2D eigenvalue weighted by atomic mass is 16.5. The lowest BCUT2D eigenvalue weighted by molar-refractivity contribution is -0.139. The lowest BCUT2D eigenvalue weighted by atomic mass is 9.93. The Balaban J connectivity index is 2.18. The van der Waals surface area contributed by atoms with Crippen molar-refractivity contribution in [2.45, 2.75) is 26.3 Å². The Morgan fingerprint density at radius 1 is 1.03 bits per heavy atom. The molecular formula is C26H32N2O6. The number of aliphatic hydroxyl groups excluding tert-OH is 1. The monoisotopic (exact) mass is 468 g/mol. The van der Waals surface area contributed by atoms with Crippen LogP contribution in [-0.4, -0.2) is 73.1 Å². The van der Waals surface area contributed by atoms with Crippen molar-refractivity contribution in [3.05, 3.63) is 58.2 Å². The molecule has 3 rings (SSSR count). The molecule has 1 unspecified atom stereocenters. The van der Waals surface area contributed by atoms with E-state index in [-0.39, 0.29) is 22.8 Å². The van der Waals surface area contributed by atoms with Gasteiger partial charge in [-0.25, -0.2) is 0 Å². The summed E-state index contributed by atoms with van der Waals surface area (Å²) < 4.78 is 10.5. The number of benzene rings is 2. The van der Waals surface area contributed by atoms with Crippen molar-refractivity contribution in [2.24, 2.45) is 0 Å². The number of hydrogen-bond donors (Lipinski definition) is 2. The lowest BCUT2D eigenvalue weighted by Crippen LogP contribution is -2.32. The van der Waals surface area contributed by atoms with Crippen LogP contribution in [0.2, 0.25) is 0 Å². The summed E-state index contributed by atoms with van der Waals surface area (Å²) in [6, 6.07) is 7.41. The van der Waals surface area contributed by atoms with E-state index in [4.69, 9.17) is 9.47 Å². The largest absolute Gasteiger partial charge is 0.507 e. The summed E-state index contributed by atoms with van der Waals surface area (Å²) in [5.74, 6) is -0.865. The fourth-order valence-corrected chi connectivity index (χ4v) is 4.30. The number of nitrogens with zero attached hydrogens (tertiary/aromatic N) is 2. The minimum atomic E-state index is -0.847. The second-order valence-electron chi connectivity index (χ2n) is 8.72. The number of phenols is 1. The molecule has 182 valence electrons. The quantitative estimate of drug-likeness (QED) is 0.348. The predicted octanol–water partition coefficient (Wildman–Crippen LogP) is 3.40. The fourth-order valence-electron chi connectivity index (χ4n) is 4.30. The normalized spacial score (nSPS) is 17.5. The molecule has 1 heterocycles. The number of hydrogen-bond acceptors (Lipinski definition) is 7. The molecular weight excluding hydrogens is 436 g/mol. The first-order chi connectivity index (χ1) is 16.1. The van der Waals surface area contributed by atoms with Crippen molar-refractivity contribution in [1.82, 2.24) is 9.80 Å². The lowest BCUT2D eigenvalue weighted by Gasteiger charge is -2.26. The first-order valence-corrected chi connectivity index (χ1v) is 11.1. The molecule has 1 amide bonds. The smallest absolute Gasteiger partial charge is 0.295 e. The van der Waals surface area contributed by atoms with Crippen LogP contribution < -0.4 is 9.47 Å². The van der Waals surface area contributed by atoms with Crippen molar-refractivity contribution in [3.63, 3.8) is 0 Å². The van der Waals surface area contributed by atoms with Gasteiger partial charge in [0, 0.05) is 12.1 Å². The molecule has 0 aliphatic carbocycles. The van der Waals surface area contributed by atoms with E-state index in [1.165, 1.54) is 18.1 Å². The van der Waals surface area contributed by atoms with Gasteiger partial charge < -0.3 is 29.5 Å². The van der Waals surface area contributed by atoms with Crippen LogP contribution in [0.15, 0.2) is 35.9 Å². The third-order valence-corrected chi connectivity index (χ3v) is 6.06. The van der Waals surface area contributed by atoms with Crippen LogP contribution >= 0.6 is 0 Å². The number of likely N-dealkylation sites (tertiary alicyclic amines) is 1. The number of amides is 1. The van der Waals surface area contributed by atoms with E-state index in [0.29, 0.717) is 35.4 Å². The van der Waals surface area contributed by atoms with Crippen molar-refractivity contribution < 1.29 is 29.3 Å². The maximum absolute atomic E-state index is 13.2. The van der Waals surface area contributed by atoms with Gasteiger partial charge in [-0.3, -0.25) is 9.59 Å². The van der Waals surface area contributed by atoms with Gasteiger partial charge in [-0.2, -0.15) is 0 Å². The predicted molar refractivity (Wildman–Crippen MR) is 129 cm³/mol. The van der Waals surface area contributed by atoms with E-state index in [2.05, 4.69) is 0 Å². The molecule has 2 aromatic carbocycles. The number of aliphatic hydroxyl groups is 1. The molecule has 1 fully saturated rings. The molecule has 0 saturated carbocycles. The van der Waals surface area contributed by atoms with E-state index < -0.39 is 17.7 Å². The number of phenolic OH excluding ortho intramolecular Hbond substituents is 1. The molecule has 0 aromatic heterocycles. The molecule has 1 aliphatic rings. The van der Waals surface area contributed by atoms with Crippen LogP contribution in [0, 0.1) is 13.8 Å². The van der Waals surface area contributed by atoms with Gasteiger partial charge in [-0.05, 0) is 81.9 Å². The maximum atomic E-state index is 13.2. The number of ether oxygens (including phenoxy) is 2. The van der Waals surface area contributed by atoms with E-state index in [9.17, 15) is 19.8 Å². The molecule has 8 nitrogen and oxygen atoms in total. The van der Waals surface area contributed by atoms with E-state index in [0.717, 1.165) is 12.1 Å². The Kier molecular flexibility index (Phi) is 7.51. The molecule has 0 bridgehead atoms. The van der Waals surface area contributed by atoms with Crippen LogP contribution in [0.3, 0.4) is 0 Å². The van der Waals surface area contributed by atoms with Crippen LogP contribution in [0.4, 0.5) is 0 Å². The highest BCUT2D eigenvalue weighted by molar-refractivity contribution is 6.46. The Morgan fingerprint density at radius 3 is 2.29 bits per heavy atom. The van der Waals surface area contributed by atoms with Gasteiger partial charge in [0.05, 0.1) is 25.8 Å². The summed E-state index contributed by atoms with van der Waals surface area (Å²) in [5.41, 5.74) is 2.44. The zero-order chi connectivity index (χ0) is 25.2. The van der Waals surface area contributed by atoms with Crippen LogP contribution in [0.5, 0.6) is 17.2 Å². The van der Waals surface area contributed by atoms with Crippen molar-refractivity contribution in [3.8, 4) is 17.2 Å². The van der Waals surface area contributed by atoms with Crippen LogP contribution in [0.25, 0.3) is 5.76 Å². The zero-order valence-electron chi connectivity index (χ0n) is 20.5. The van der Waals surface area contributed by atoms with Gasteiger partial charge in [0.15, 0.2) is 11.5 Å². The number of rotatable bonds is 8. The number of aryl methyl sites for hydroxylation is 2. The summed E-state index contributed by atoms with van der Waals surface area (Å²) in [7, 11) is 6.87. The van der Waals surface area contributed by atoms with E-state index in [1.807, 2.05) is 25.9 Å². The van der Waals surface area contributed by atoms with Crippen LogP contribution in [-0.2, 0) is 9.59 Å². The SMILES string of the molecule is COc1cc(C)c(/C(O)=C2\C(=O)C(=O)N(CCCN(C)C)C2c2ccc(OC)c(O)c2)cc1C. The highest BCUT2D eigenvalue weighted by Crippen LogP contribution is 2.42. The van der Waals surface area contributed by atoms with Gasteiger partial charge in [-0.15, -0.1) is 0 Å². The zero-order valence-corrected chi connectivity index (χ0v) is 20.5. The molecule has 1 aliphatic heterocycles. The second kappa shape index (κ2) is 10.2. The Labute approximate surface area is 200 Å². The summed E-state index contributed by atoms with van der Waals surface area (Å²) in [4.78, 5) is 29.7. The third-order valence-electron chi connectivity index (χ3n) is 6.06. The number of Topliss-reactive ketones (excluding diaryl/α,β-unsaturated/α-hetero) is 1. The van der Waals surface area contributed by atoms with Crippen LogP contribution in [0.1, 0.15) is 34.7 Å². The van der Waals surface area contributed by atoms with Gasteiger partial charge >= 0.3 is 0 Å². The van der Waals surface area contributed by atoms with Gasteiger partial charge in [0.2, 0.25) is 0 Å². The van der Waals surface area contributed by atoms with Crippen molar-refractivity contribution in [1.29, 1.82) is 0 Å². The Hall–Kier alpha value is -3.52. The van der Waals surface area contributed by atoms with Gasteiger partial charge in [0.1, 0.15) is 11.5 Å². The minimum Gasteiger partial charge on any atom is -0.507 e. The molecule has 2 N–H and O–H groups in total. The topological polar surface area (TPSA) is 99.5 Å². The number of ketones is 1. The summed E-state index contributed by atoms with van der Waals surface area (Å²) in [6.07, 6.45) is 0.638. The number of carbonyl (C=O) groups excluding carboxylic acids is 2. The minimum absolute atomic E-state index is 0.00733. The molecule has 8 heteroatoms. The van der Waals surface area contributed by atoms with Crippen molar-refractivity contribution in [2.75, 3.05) is 41.4 Å². The number of methoxy groups -OCH3 is 2. The Morgan fingerprint density at radius 2 is 1.71 bits per heavy atom. The average molecular weight is 469 g/mol. The molecule has 1 saturated heterocycles. The number of carbonyl (C=O) groups is 2. The summed E-state index contributed by atoms with van der Waals surface area (Å²) >= 11 is 0. The summed E-state index contributed by atoms with van der Waals surface area (Å²) in [6.45, 7) is 4.68. The second-order valence-corrected chi connectivity index (χ2v) is 8.72. The first kappa shape index (κ1) is 25.1. The van der Waals surface area contributed by atoms with E-state index >= 15 is 0 Å². The molecule has 1 atom stereocenters. The molecule has 0 spiro atoms. The first-order valence-electron chi connectivity index (χ1n) is 11.1. The highest BCUT2D eigenvalue weighted by Gasteiger charge is 2.46. The molecule has 34 heavy (non-hydrogen) atoms. The van der Waals surface area contributed by atoms with Crippen molar-refractivity contribution >= 4 is 17.4 Å². The van der Waals surface area contributed by atoms with E-state index in [1.54, 1.807) is 38.3 Å². The van der Waals surface area contributed by atoms with Gasteiger partial charge in [0.25, 0.3) is 11.7 Å². The van der Waals surface area contributed by atoms with Gasteiger partial charge in [-0.1, -0.05) is 6.07 Å². The molecule has 2 aromatic rings. The molecule has 0 radical (unpaired) electrons. The third kappa shape index (κ3) is 4.72. The Bertz CT molecular complexity index is 1140. The summed E-state index contributed by atoms with van der Waals surface area (Å²) in [5, 5.41) is 21.7. The fraction of sp³-hybridized carbons (Fsp3) is 0.385. The average Bonchev–Trinajstić information content (AvgIpc) is 3.04. The number of aromatic hydroxyl groups is 1. The maximum Gasteiger partial charge on any atom is 0.295 e. The standard InChI is InChI=1S/C26H32N2O6/c1-15-13-21(34-6)16(2)12-18(15)24(30)22-23(17-8-9-20(33-5)19(29)14-17)28(26(32)25(22)31)11-7-10-27(3)4/h8-9,12-14,23,29-30H,7,10-11H2,1-6H3/b24-22+.